The molecule has 0 aliphatic heterocycles. The van der Waals surface area contributed by atoms with E-state index in [9.17, 15) is 24.3 Å². The lowest BCUT2D eigenvalue weighted by atomic mass is 10.00. The highest BCUT2D eigenvalue weighted by Crippen LogP contribution is 2.15. The molecular formula is C35H52N4O7. The third-order valence-electron chi connectivity index (χ3n) is 7.12. The van der Waals surface area contributed by atoms with Crippen molar-refractivity contribution < 1.29 is 33.8 Å². The fraction of sp³-hybridized carbons (Fsp3) is 0.543. The van der Waals surface area contributed by atoms with Gasteiger partial charge in [-0.2, -0.15) is 0 Å². The van der Waals surface area contributed by atoms with E-state index in [2.05, 4.69) is 16.0 Å². The quantitative estimate of drug-likeness (QED) is 0.211. The number of benzene rings is 2. The second kappa shape index (κ2) is 18.1. The number of amides is 4. The first-order valence-corrected chi connectivity index (χ1v) is 15.8. The molecular weight excluding hydrogens is 588 g/mol. The van der Waals surface area contributed by atoms with Crippen LogP contribution in [0.5, 0.6) is 0 Å². The van der Waals surface area contributed by atoms with Crippen LogP contribution in [0.1, 0.15) is 66.0 Å². The summed E-state index contributed by atoms with van der Waals surface area (Å²) in [4.78, 5) is 53.9. The van der Waals surface area contributed by atoms with Crippen LogP contribution >= 0.6 is 0 Å². The molecule has 4 atom stereocenters. The Kier molecular flexibility index (Phi) is 15.0. The van der Waals surface area contributed by atoms with Crippen LogP contribution in [0.15, 0.2) is 60.7 Å². The van der Waals surface area contributed by atoms with Crippen molar-refractivity contribution in [2.45, 2.75) is 97.7 Å². The summed E-state index contributed by atoms with van der Waals surface area (Å²) in [6, 6.07) is 15.4. The van der Waals surface area contributed by atoms with E-state index in [0.717, 1.165) is 11.1 Å². The molecule has 0 aliphatic carbocycles. The van der Waals surface area contributed by atoms with Crippen molar-refractivity contribution in [2.24, 2.45) is 11.8 Å². The number of methoxy groups -OCH3 is 1. The lowest BCUT2D eigenvalue weighted by molar-refractivity contribution is -0.146. The summed E-state index contributed by atoms with van der Waals surface area (Å²) in [5, 5.41) is 19.9. The van der Waals surface area contributed by atoms with E-state index in [1.54, 1.807) is 34.6 Å². The summed E-state index contributed by atoms with van der Waals surface area (Å²) in [6.07, 6.45) is -1.30. The fourth-order valence-electron chi connectivity index (χ4n) is 4.81. The van der Waals surface area contributed by atoms with E-state index in [-0.39, 0.29) is 31.3 Å². The number of alkyl carbamates (subject to hydrolysis) is 1. The first kappa shape index (κ1) is 38.1. The van der Waals surface area contributed by atoms with E-state index < -0.39 is 53.8 Å². The molecule has 0 radical (unpaired) electrons. The molecule has 0 saturated heterocycles. The highest BCUT2D eigenvalue weighted by molar-refractivity contribution is 5.90. The van der Waals surface area contributed by atoms with Crippen LogP contribution in [-0.2, 0) is 32.0 Å². The molecule has 2 aromatic rings. The van der Waals surface area contributed by atoms with E-state index in [4.69, 9.17) is 9.47 Å². The molecule has 1 unspecified atom stereocenters. The maximum atomic E-state index is 13.9. The average molecular weight is 641 g/mol. The van der Waals surface area contributed by atoms with Gasteiger partial charge in [0.1, 0.15) is 17.7 Å². The summed E-state index contributed by atoms with van der Waals surface area (Å²) in [6.45, 7) is 12.6. The Balaban J connectivity index is 2.36. The number of nitrogens with zero attached hydrogens (tertiary/aromatic N) is 1. The number of carbonyl (C=O) groups excluding carboxylic acids is 4. The number of carbonyl (C=O) groups is 4. The molecule has 4 amide bonds. The van der Waals surface area contributed by atoms with Crippen LogP contribution in [-0.4, -0.2) is 77.5 Å². The smallest absolute Gasteiger partial charge is 0.407 e. The Bertz CT molecular complexity index is 1250. The standard InChI is InChI=1S/C35H52N4O7/c1-23(2)19-28(31(41)38-30(24(3)4)32(42)45-8)36-33(43)39(21-26-17-13-10-14-18-26)22-29(40)27(20-25-15-11-9-12-16-25)37-34(44)46-35(5,6)7/h9-18,23-24,27-30,40H,19-22H2,1-8H3,(H,36,43)(H,37,44)(H,38,41)/t27-,28-,29+,30?/m0/s1. The van der Waals surface area contributed by atoms with Gasteiger partial charge in [-0.15, -0.1) is 0 Å². The number of ether oxygens (including phenoxy) is 2. The van der Waals surface area contributed by atoms with Crippen molar-refractivity contribution >= 4 is 24.0 Å². The topological polar surface area (TPSA) is 146 Å². The Morgan fingerprint density at radius 3 is 1.91 bits per heavy atom. The van der Waals surface area contributed by atoms with Gasteiger partial charge in [0.05, 0.1) is 25.8 Å². The van der Waals surface area contributed by atoms with Gasteiger partial charge in [0.2, 0.25) is 5.91 Å². The molecule has 0 bridgehead atoms. The normalized spacial score (nSPS) is 14.1. The van der Waals surface area contributed by atoms with Gasteiger partial charge in [0.25, 0.3) is 0 Å². The van der Waals surface area contributed by atoms with Crippen molar-refractivity contribution in [1.29, 1.82) is 0 Å². The van der Waals surface area contributed by atoms with Crippen LogP contribution in [0, 0.1) is 11.8 Å². The van der Waals surface area contributed by atoms with E-state index in [1.807, 2.05) is 74.5 Å². The van der Waals surface area contributed by atoms with Gasteiger partial charge in [-0.25, -0.2) is 14.4 Å². The Morgan fingerprint density at radius 2 is 1.41 bits per heavy atom. The number of urea groups is 1. The van der Waals surface area contributed by atoms with Crippen molar-refractivity contribution in [2.75, 3.05) is 13.7 Å². The summed E-state index contributed by atoms with van der Waals surface area (Å²) in [5.41, 5.74) is 0.931. The van der Waals surface area contributed by atoms with Crippen LogP contribution in [0.4, 0.5) is 9.59 Å². The fourth-order valence-corrected chi connectivity index (χ4v) is 4.81. The number of esters is 1. The van der Waals surface area contributed by atoms with Crippen LogP contribution in [0.2, 0.25) is 0 Å². The van der Waals surface area contributed by atoms with E-state index in [0.29, 0.717) is 6.42 Å². The minimum atomic E-state index is -1.20. The molecule has 11 nitrogen and oxygen atoms in total. The predicted octanol–water partition coefficient (Wildman–Crippen LogP) is 4.42. The van der Waals surface area contributed by atoms with Crippen molar-refractivity contribution in [1.82, 2.24) is 20.9 Å². The molecule has 254 valence electrons. The zero-order valence-corrected chi connectivity index (χ0v) is 28.4. The zero-order valence-electron chi connectivity index (χ0n) is 28.4. The first-order chi connectivity index (χ1) is 21.6. The lowest BCUT2D eigenvalue weighted by Crippen LogP contribution is -2.57. The number of rotatable bonds is 15. The summed E-state index contributed by atoms with van der Waals surface area (Å²) in [5.74, 6) is -1.29. The highest BCUT2D eigenvalue weighted by Gasteiger charge is 2.32. The maximum Gasteiger partial charge on any atom is 0.407 e. The molecule has 0 aliphatic rings. The Hall–Kier alpha value is -4.12. The van der Waals surface area contributed by atoms with Gasteiger partial charge in [-0.05, 0) is 56.6 Å². The second-order valence-corrected chi connectivity index (χ2v) is 13.3. The average Bonchev–Trinajstić information content (AvgIpc) is 2.98. The minimum absolute atomic E-state index is 0.0353. The molecule has 0 spiro atoms. The third-order valence-corrected chi connectivity index (χ3v) is 7.12. The number of aliphatic hydroxyl groups is 1. The molecule has 0 fully saturated rings. The molecule has 2 aromatic carbocycles. The monoisotopic (exact) mass is 640 g/mol. The number of nitrogens with one attached hydrogen (secondary N) is 3. The van der Waals surface area contributed by atoms with Crippen LogP contribution in [0.25, 0.3) is 0 Å². The summed E-state index contributed by atoms with van der Waals surface area (Å²) < 4.78 is 10.3. The molecule has 0 aromatic heterocycles. The minimum Gasteiger partial charge on any atom is -0.467 e. The second-order valence-electron chi connectivity index (χ2n) is 13.3. The number of hydrogen-bond acceptors (Lipinski definition) is 7. The largest absolute Gasteiger partial charge is 0.467 e. The lowest BCUT2D eigenvalue weighted by Gasteiger charge is -2.32. The van der Waals surface area contributed by atoms with E-state index >= 15 is 0 Å². The Morgan fingerprint density at radius 1 is 0.848 bits per heavy atom. The summed E-state index contributed by atoms with van der Waals surface area (Å²) in [7, 11) is 1.26. The third kappa shape index (κ3) is 13.5. The maximum absolute atomic E-state index is 13.9. The van der Waals surface area contributed by atoms with Crippen molar-refractivity contribution in [3.8, 4) is 0 Å². The SMILES string of the molecule is COC(=O)C(NC(=O)[C@H](CC(C)C)NC(=O)N(Cc1ccccc1)C[C@@H](O)[C@H](Cc1ccccc1)NC(=O)OC(C)(C)C)C(C)C. The number of aliphatic hydroxyl groups excluding tert-OH is 1. The molecule has 2 rings (SSSR count). The molecule has 11 heteroatoms. The molecule has 4 N–H and O–H groups in total. The van der Waals surface area contributed by atoms with Crippen molar-refractivity contribution in [3.63, 3.8) is 0 Å². The van der Waals surface area contributed by atoms with E-state index in [1.165, 1.54) is 12.0 Å². The highest BCUT2D eigenvalue weighted by atomic mass is 16.6. The van der Waals surface area contributed by atoms with Gasteiger partial charge in [-0.1, -0.05) is 88.4 Å². The Labute approximate surface area is 273 Å². The predicted molar refractivity (Wildman–Crippen MR) is 177 cm³/mol. The first-order valence-electron chi connectivity index (χ1n) is 15.8. The molecule has 0 saturated carbocycles. The molecule has 0 heterocycles. The van der Waals surface area contributed by atoms with Crippen LogP contribution < -0.4 is 16.0 Å². The zero-order chi connectivity index (χ0) is 34.4. The van der Waals surface area contributed by atoms with Gasteiger partial charge in [-0.3, -0.25) is 4.79 Å². The number of hydrogen-bond donors (Lipinski definition) is 4. The molecule has 46 heavy (non-hydrogen) atoms. The van der Waals surface area contributed by atoms with Crippen LogP contribution in [0.3, 0.4) is 0 Å². The van der Waals surface area contributed by atoms with Gasteiger partial charge >= 0.3 is 18.1 Å². The van der Waals surface area contributed by atoms with Gasteiger partial charge < -0.3 is 35.4 Å². The summed E-state index contributed by atoms with van der Waals surface area (Å²) >= 11 is 0. The van der Waals surface area contributed by atoms with Gasteiger partial charge in [0, 0.05) is 6.54 Å². The van der Waals surface area contributed by atoms with Crippen molar-refractivity contribution in [3.05, 3.63) is 71.8 Å². The van der Waals surface area contributed by atoms with Gasteiger partial charge in [0.15, 0.2) is 0 Å².